The third-order valence-corrected chi connectivity index (χ3v) is 5.24. The van der Waals surface area contributed by atoms with E-state index < -0.39 is 0 Å². The summed E-state index contributed by atoms with van der Waals surface area (Å²) in [6, 6.07) is 0.576. The van der Waals surface area contributed by atoms with Crippen molar-refractivity contribution in [2.45, 2.75) is 57.4 Å². The molecule has 2 N–H and O–H groups in total. The van der Waals surface area contributed by atoms with Crippen LogP contribution in [0, 0.1) is 17.3 Å². The predicted molar refractivity (Wildman–Crippen MR) is 61.6 cm³/mol. The van der Waals surface area contributed by atoms with Gasteiger partial charge in [0.15, 0.2) is 0 Å². The average molecular weight is 216 g/mol. The maximum atomic E-state index is 6.43. The fourth-order valence-electron chi connectivity index (χ4n) is 4.56. The van der Waals surface area contributed by atoms with Crippen molar-refractivity contribution < 1.29 is 0 Å². The molecule has 0 aliphatic heterocycles. The quantitative estimate of drug-likeness (QED) is 0.660. The van der Waals surface area contributed by atoms with Crippen LogP contribution < -0.4 is 5.73 Å². The second kappa shape index (κ2) is 3.68. The normalized spacial score (nSPS) is 43.9. The Morgan fingerprint density at radius 3 is 2.29 bits per heavy atom. The summed E-state index contributed by atoms with van der Waals surface area (Å²) in [6.45, 7) is 0. The molecule has 3 fully saturated rings. The molecule has 3 aliphatic rings. The van der Waals surface area contributed by atoms with Crippen LogP contribution in [0.25, 0.3) is 0 Å². The first-order valence-corrected chi connectivity index (χ1v) is 6.08. The molecule has 0 aromatic rings. The minimum atomic E-state index is 0. The van der Waals surface area contributed by atoms with E-state index in [0.29, 0.717) is 11.5 Å². The largest absolute Gasteiger partial charge is 0.327 e. The average Bonchev–Trinajstić information content (AvgIpc) is 2.73. The van der Waals surface area contributed by atoms with Gasteiger partial charge in [-0.25, -0.2) is 0 Å². The zero-order chi connectivity index (χ0) is 8.89. The number of hydrogen-bond acceptors (Lipinski definition) is 1. The third-order valence-electron chi connectivity index (χ3n) is 5.24. The van der Waals surface area contributed by atoms with E-state index in [1.54, 1.807) is 0 Å². The minimum absolute atomic E-state index is 0. The molecular weight excluding hydrogens is 194 g/mol. The van der Waals surface area contributed by atoms with Crippen LogP contribution in [0.3, 0.4) is 0 Å². The van der Waals surface area contributed by atoms with Crippen molar-refractivity contribution in [3.8, 4) is 0 Å². The number of halogens is 1. The summed E-state index contributed by atoms with van der Waals surface area (Å²) in [6.07, 6.45) is 11.7. The van der Waals surface area contributed by atoms with Gasteiger partial charge < -0.3 is 5.73 Å². The standard InChI is InChI=1S/C12H21N.ClH/c13-11-9-4-5-10(8-9)12(11)6-2-1-3-7-12;/h9-11H,1-8,13H2;1H/t9-,10+,11+;/m1./s1. The Hall–Kier alpha value is 0.250. The van der Waals surface area contributed by atoms with Crippen molar-refractivity contribution in [3.63, 3.8) is 0 Å². The highest BCUT2D eigenvalue weighted by Crippen LogP contribution is 2.60. The molecule has 0 radical (unpaired) electrons. The zero-order valence-electron chi connectivity index (χ0n) is 8.87. The van der Waals surface area contributed by atoms with Crippen LogP contribution in [0.5, 0.6) is 0 Å². The molecule has 3 aliphatic carbocycles. The van der Waals surface area contributed by atoms with Crippen molar-refractivity contribution >= 4 is 12.4 Å². The van der Waals surface area contributed by atoms with Crippen LogP contribution in [0.15, 0.2) is 0 Å². The summed E-state index contributed by atoms with van der Waals surface area (Å²) in [4.78, 5) is 0. The summed E-state index contributed by atoms with van der Waals surface area (Å²) in [5.41, 5.74) is 7.06. The number of rotatable bonds is 0. The molecule has 0 heterocycles. The molecule has 2 bridgehead atoms. The highest BCUT2D eigenvalue weighted by atomic mass is 35.5. The molecule has 1 spiro atoms. The van der Waals surface area contributed by atoms with Crippen molar-refractivity contribution in [1.82, 2.24) is 0 Å². The van der Waals surface area contributed by atoms with Gasteiger partial charge in [0.25, 0.3) is 0 Å². The van der Waals surface area contributed by atoms with Gasteiger partial charge in [-0.2, -0.15) is 0 Å². The Balaban J connectivity index is 0.000000750. The van der Waals surface area contributed by atoms with Gasteiger partial charge in [0.1, 0.15) is 0 Å². The highest BCUT2D eigenvalue weighted by molar-refractivity contribution is 5.85. The SMILES string of the molecule is Cl.N[C@H]1[C@@H]2CC[C@@H](C2)C12CCCCC2. The Bertz CT molecular complexity index is 206. The maximum absolute atomic E-state index is 6.43. The Kier molecular flexibility index (Phi) is 2.83. The molecule has 2 heteroatoms. The van der Waals surface area contributed by atoms with Crippen molar-refractivity contribution in [3.05, 3.63) is 0 Å². The second-order valence-corrected chi connectivity index (χ2v) is 5.59. The van der Waals surface area contributed by atoms with E-state index in [-0.39, 0.29) is 12.4 Å². The molecule has 82 valence electrons. The monoisotopic (exact) mass is 215 g/mol. The van der Waals surface area contributed by atoms with Gasteiger partial charge in [-0.1, -0.05) is 19.3 Å². The first-order valence-electron chi connectivity index (χ1n) is 6.08. The van der Waals surface area contributed by atoms with Gasteiger partial charge in [0.05, 0.1) is 0 Å². The smallest absolute Gasteiger partial charge is 0.0127 e. The summed E-state index contributed by atoms with van der Waals surface area (Å²) in [7, 11) is 0. The highest BCUT2D eigenvalue weighted by Gasteiger charge is 2.55. The minimum Gasteiger partial charge on any atom is -0.327 e. The molecule has 0 saturated heterocycles. The van der Waals surface area contributed by atoms with Crippen molar-refractivity contribution in [2.24, 2.45) is 23.0 Å². The summed E-state index contributed by atoms with van der Waals surface area (Å²) in [5.74, 6) is 1.93. The van der Waals surface area contributed by atoms with E-state index in [4.69, 9.17) is 5.73 Å². The molecular formula is C12H22ClN. The van der Waals surface area contributed by atoms with Crippen molar-refractivity contribution in [1.29, 1.82) is 0 Å². The van der Waals surface area contributed by atoms with E-state index in [1.165, 1.54) is 51.4 Å². The van der Waals surface area contributed by atoms with E-state index in [9.17, 15) is 0 Å². The van der Waals surface area contributed by atoms with E-state index in [2.05, 4.69) is 0 Å². The van der Waals surface area contributed by atoms with Gasteiger partial charge >= 0.3 is 0 Å². The molecule has 3 rings (SSSR count). The van der Waals surface area contributed by atoms with E-state index >= 15 is 0 Å². The van der Waals surface area contributed by atoms with Crippen LogP contribution >= 0.6 is 12.4 Å². The number of nitrogens with two attached hydrogens (primary N) is 1. The fourth-order valence-corrected chi connectivity index (χ4v) is 4.56. The molecule has 14 heavy (non-hydrogen) atoms. The first kappa shape index (κ1) is 10.8. The topological polar surface area (TPSA) is 26.0 Å². The lowest BCUT2D eigenvalue weighted by molar-refractivity contribution is 0.0779. The second-order valence-electron chi connectivity index (χ2n) is 5.59. The van der Waals surface area contributed by atoms with Gasteiger partial charge in [-0.3, -0.25) is 0 Å². The van der Waals surface area contributed by atoms with Gasteiger partial charge in [0.2, 0.25) is 0 Å². The lowest BCUT2D eigenvalue weighted by atomic mass is 9.62. The van der Waals surface area contributed by atoms with Crippen LogP contribution in [-0.4, -0.2) is 6.04 Å². The molecule has 0 amide bonds. The van der Waals surface area contributed by atoms with Gasteiger partial charge in [-0.15, -0.1) is 12.4 Å². The van der Waals surface area contributed by atoms with Gasteiger partial charge in [0, 0.05) is 6.04 Å². The van der Waals surface area contributed by atoms with Crippen LogP contribution in [0.1, 0.15) is 51.4 Å². The summed E-state index contributed by atoms with van der Waals surface area (Å²) >= 11 is 0. The molecule has 0 aromatic carbocycles. The Morgan fingerprint density at radius 1 is 1.00 bits per heavy atom. The maximum Gasteiger partial charge on any atom is 0.0127 e. The van der Waals surface area contributed by atoms with Gasteiger partial charge in [-0.05, 0) is 49.4 Å². The lowest BCUT2D eigenvalue weighted by Crippen LogP contribution is -2.47. The third kappa shape index (κ3) is 1.25. The molecule has 3 saturated carbocycles. The number of fused-ring (bicyclic) bond motifs is 3. The Morgan fingerprint density at radius 2 is 1.71 bits per heavy atom. The summed E-state index contributed by atoms with van der Waals surface area (Å²) < 4.78 is 0. The fraction of sp³-hybridized carbons (Fsp3) is 1.00. The number of hydrogen-bond donors (Lipinski definition) is 1. The summed E-state index contributed by atoms with van der Waals surface area (Å²) in [5, 5.41) is 0. The zero-order valence-corrected chi connectivity index (χ0v) is 9.69. The Labute approximate surface area is 93.2 Å². The van der Waals surface area contributed by atoms with Crippen molar-refractivity contribution in [2.75, 3.05) is 0 Å². The van der Waals surface area contributed by atoms with Crippen LogP contribution in [0.2, 0.25) is 0 Å². The predicted octanol–water partition coefficient (Wildman–Crippen LogP) is 3.12. The van der Waals surface area contributed by atoms with Crippen LogP contribution in [0.4, 0.5) is 0 Å². The molecule has 0 aromatic heterocycles. The molecule has 0 unspecified atom stereocenters. The lowest BCUT2D eigenvalue weighted by Gasteiger charge is -2.45. The molecule has 3 atom stereocenters. The van der Waals surface area contributed by atoms with Crippen LogP contribution in [-0.2, 0) is 0 Å². The van der Waals surface area contributed by atoms with E-state index in [1.807, 2.05) is 0 Å². The van der Waals surface area contributed by atoms with E-state index in [0.717, 1.165) is 11.8 Å². The molecule has 1 nitrogen and oxygen atoms in total. The first-order chi connectivity index (χ1) is 6.33.